The van der Waals surface area contributed by atoms with Gasteiger partial charge < -0.3 is 0 Å². The van der Waals surface area contributed by atoms with Crippen molar-refractivity contribution in [3.05, 3.63) is 52.3 Å². The Balaban J connectivity index is 1.98. The number of hydrogen-bond acceptors (Lipinski definition) is 1. The molecule has 0 bridgehead atoms. The van der Waals surface area contributed by atoms with Crippen LogP contribution < -0.4 is 0 Å². The summed E-state index contributed by atoms with van der Waals surface area (Å²) >= 11 is 0. The lowest BCUT2D eigenvalue weighted by Gasteiger charge is -2.14. The molecule has 1 aliphatic rings. The maximum absolute atomic E-state index is 13.1. The van der Waals surface area contributed by atoms with E-state index < -0.39 is 11.9 Å². The Hall–Kier alpha value is -1.78. The molecule has 0 unspecified atom stereocenters. The van der Waals surface area contributed by atoms with Gasteiger partial charge in [0.05, 0.1) is 6.54 Å². The summed E-state index contributed by atoms with van der Waals surface area (Å²) in [5.74, 6) is 0. The van der Waals surface area contributed by atoms with Crippen LogP contribution in [0.1, 0.15) is 40.9 Å². The molecular weight excluding hydrogens is 277 g/mol. The molecule has 21 heavy (non-hydrogen) atoms. The van der Waals surface area contributed by atoms with Gasteiger partial charge in [-0.3, -0.25) is 4.68 Å². The Bertz CT molecular complexity index is 639. The number of nitrogens with zero attached hydrogens (tertiary/aromatic N) is 2. The van der Waals surface area contributed by atoms with Gasteiger partial charge in [0.25, 0.3) is 0 Å². The van der Waals surface area contributed by atoms with Crippen LogP contribution in [0.2, 0.25) is 0 Å². The largest absolute Gasteiger partial charge is 0.435 e. The van der Waals surface area contributed by atoms with Crippen molar-refractivity contribution < 1.29 is 13.2 Å². The number of fused-ring (bicyclic) bond motifs is 1. The number of halogens is 3. The second-order valence-corrected chi connectivity index (χ2v) is 5.62. The van der Waals surface area contributed by atoms with Gasteiger partial charge in [0.1, 0.15) is 0 Å². The van der Waals surface area contributed by atoms with Gasteiger partial charge in [-0.05, 0) is 38.2 Å². The first-order valence-corrected chi connectivity index (χ1v) is 7.16. The van der Waals surface area contributed by atoms with E-state index in [4.69, 9.17) is 0 Å². The quantitative estimate of drug-likeness (QED) is 0.814. The van der Waals surface area contributed by atoms with Gasteiger partial charge in [-0.15, -0.1) is 0 Å². The Morgan fingerprint density at radius 2 is 1.76 bits per heavy atom. The van der Waals surface area contributed by atoms with E-state index in [1.165, 1.54) is 0 Å². The summed E-state index contributed by atoms with van der Waals surface area (Å²) < 4.78 is 40.9. The van der Waals surface area contributed by atoms with E-state index in [1.54, 1.807) is 4.68 Å². The third-order valence-electron chi connectivity index (χ3n) is 3.98. The van der Waals surface area contributed by atoms with Gasteiger partial charge >= 0.3 is 6.18 Å². The molecule has 1 heterocycles. The summed E-state index contributed by atoms with van der Waals surface area (Å²) in [6.07, 6.45) is -1.45. The lowest BCUT2D eigenvalue weighted by molar-refractivity contribution is -0.142. The van der Waals surface area contributed by atoms with Gasteiger partial charge in [0, 0.05) is 11.3 Å². The molecule has 1 aromatic heterocycles. The first-order chi connectivity index (χ1) is 9.95. The standard InChI is InChI=1S/C16H17F3N2/c1-11-6-8-12(9-7-11)10-21-14-5-3-2-4-13(14)15(20-21)16(17,18)19/h6-9H,2-5,10H2,1H3. The highest BCUT2D eigenvalue weighted by atomic mass is 19.4. The van der Waals surface area contributed by atoms with Gasteiger partial charge in [-0.25, -0.2) is 0 Å². The fraction of sp³-hybridized carbons (Fsp3) is 0.438. The zero-order valence-corrected chi connectivity index (χ0v) is 11.9. The fourth-order valence-corrected chi connectivity index (χ4v) is 2.90. The molecule has 0 radical (unpaired) electrons. The predicted octanol–water partition coefficient (Wildman–Crippen LogP) is 4.14. The van der Waals surface area contributed by atoms with Crippen LogP contribution in [0.5, 0.6) is 0 Å². The number of rotatable bonds is 2. The number of aryl methyl sites for hydroxylation is 1. The molecule has 0 amide bonds. The first-order valence-electron chi connectivity index (χ1n) is 7.16. The maximum atomic E-state index is 13.1. The van der Waals surface area contributed by atoms with Crippen molar-refractivity contribution in [2.45, 2.75) is 45.3 Å². The van der Waals surface area contributed by atoms with Crippen LogP contribution in [0.4, 0.5) is 13.2 Å². The molecule has 0 saturated heterocycles. The van der Waals surface area contributed by atoms with E-state index >= 15 is 0 Å². The zero-order valence-electron chi connectivity index (χ0n) is 11.9. The van der Waals surface area contributed by atoms with Gasteiger partial charge in [0.15, 0.2) is 5.69 Å². The SMILES string of the molecule is Cc1ccc(Cn2nc(C(F)(F)F)c3c2CCCC3)cc1. The first kappa shape index (κ1) is 14.2. The van der Waals surface area contributed by atoms with Crippen LogP contribution in [-0.2, 0) is 25.6 Å². The molecule has 1 aliphatic carbocycles. The van der Waals surface area contributed by atoms with Crippen LogP contribution in [0.15, 0.2) is 24.3 Å². The highest BCUT2D eigenvalue weighted by molar-refractivity contribution is 5.32. The van der Waals surface area contributed by atoms with Gasteiger partial charge in [-0.1, -0.05) is 29.8 Å². The lowest BCUT2D eigenvalue weighted by Crippen LogP contribution is -2.11. The summed E-state index contributed by atoms with van der Waals surface area (Å²) in [6.45, 7) is 2.39. The monoisotopic (exact) mass is 294 g/mol. The van der Waals surface area contributed by atoms with Crippen molar-refractivity contribution in [3.63, 3.8) is 0 Å². The van der Waals surface area contributed by atoms with Crippen molar-refractivity contribution in [3.8, 4) is 0 Å². The summed E-state index contributed by atoms with van der Waals surface area (Å²) in [5, 5.41) is 3.87. The molecule has 0 fully saturated rings. The van der Waals surface area contributed by atoms with E-state index in [9.17, 15) is 13.2 Å². The van der Waals surface area contributed by atoms with E-state index in [1.807, 2.05) is 31.2 Å². The van der Waals surface area contributed by atoms with Crippen LogP contribution in [-0.4, -0.2) is 9.78 Å². The minimum atomic E-state index is -4.36. The minimum absolute atomic E-state index is 0.401. The minimum Gasteiger partial charge on any atom is -0.264 e. The van der Waals surface area contributed by atoms with Crippen molar-refractivity contribution in [2.75, 3.05) is 0 Å². The van der Waals surface area contributed by atoms with E-state index in [2.05, 4.69) is 5.10 Å². The van der Waals surface area contributed by atoms with Crippen molar-refractivity contribution >= 4 is 0 Å². The summed E-state index contributed by atoms with van der Waals surface area (Å²) in [5.41, 5.74) is 2.58. The Morgan fingerprint density at radius 1 is 1.10 bits per heavy atom. The Labute approximate surface area is 121 Å². The molecular formula is C16H17F3N2. The third-order valence-corrected chi connectivity index (χ3v) is 3.98. The molecule has 5 heteroatoms. The summed E-state index contributed by atoms with van der Waals surface area (Å²) in [7, 11) is 0. The number of hydrogen-bond donors (Lipinski definition) is 0. The maximum Gasteiger partial charge on any atom is 0.435 e. The fourth-order valence-electron chi connectivity index (χ4n) is 2.90. The van der Waals surface area contributed by atoms with Crippen LogP contribution in [0.3, 0.4) is 0 Å². The average Bonchev–Trinajstić information content (AvgIpc) is 2.81. The van der Waals surface area contributed by atoms with Crippen LogP contribution in [0.25, 0.3) is 0 Å². The second-order valence-electron chi connectivity index (χ2n) is 5.62. The number of aromatic nitrogens is 2. The predicted molar refractivity (Wildman–Crippen MR) is 74.2 cm³/mol. The number of benzene rings is 1. The van der Waals surface area contributed by atoms with E-state index in [-0.39, 0.29) is 0 Å². The number of alkyl halides is 3. The average molecular weight is 294 g/mol. The lowest BCUT2D eigenvalue weighted by atomic mass is 9.95. The molecule has 1 aromatic carbocycles. The van der Waals surface area contributed by atoms with Crippen molar-refractivity contribution in [1.82, 2.24) is 9.78 Å². The molecule has 3 rings (SSSR count). The van der Waals surface area contributed by atoms with Crippen molar-refractivity contribution in [1.29, 1.82) is 0 Å². The summed E-state index contributed by atoms with van der Waals surface area (Å²) in [6, 6.07) is 7.82. The van der Waals surface area contributed by atoms with Gasteiger partial charge in [0.2, 0.25) is 0 Å². The Kier molecular flexibility index (Phi) is 3.51. The molecule has 0 atom stereocenters. The molecule has 0 saturated carbocycles. The third kappa shape index (κ3) is 2.82. The zero-order chi connectivity index (χ0) is 15.0. The molecule has 0 spiro atoms. The molecule has 2 nitrogen and oxygen atoms in total. The topological polar surface area (TPSA) is 17.8 Å². The Morgan fingerprint density at radius 3 is 2.43 bits per heavy atom. The second kappa shape index (κ2) is 5.20. The van der Waals surface area contributed by atoms with Crippen LogP contribution in [0, 0.1) is 6.92 Å². The van der Waals surface area contributed by atoms with Crippen LogP contribution >= 0.6 is 0 Å². The normalized spacial score (nSPS) is 15.0. The highest BCUT2D eigenvalue weighted by Crippen LogP contribution is 2.36. The molecule has 0 aliphatic heterocycles. The molecule has 0 N–H and O–H groups in total. The summed E-state index contributed by atoms with van der Waals surface area (Å²) in [4.78, 5) is 0. The van der Waals surface area contributed by atoms with E-state index in [0.29, 0.717) is 24.9 Å². The highest BCUT2D eigenvalue weighted by Gasteiger charge is 2.39. The molecule has 112 valence electrons. The smallest absolute Gasteiger partial charge is 0.264 e. The molecule has 2 aromatic rings. The van der Waals surface area contributed by atoms with E-state index in [0.717, 1.165) is 29.7 Å². The van der Waals surface area contributed by atoms with Crippen molar-refractivity contribution in [2.24, 2.45) is 0 Å². The van der Waals surface area contributed by atoms with Gasteiger partial charge in [-0.2, -0.15) is 18.3 Å².